The lowest BCUT2D eigenvalue weighted by molar-refractivity contribution is 0.0116. The van der Waals surface area contributed by atoms with Crippen LogP contribution in [0, 0.1) is 5.92 Å². The van der Waals surface area contributed by atoms with E-state index < -0.39 is 0 Å². The first-order valence-corrected chi connectivity index (χ1v) is 8.18. The van der Waals surface area contributed by atoms with Gasteiger partial charge in [-0.05, 0) is 32.2 Å². The van der Waals surface area contributed by atoms with Gasteiger partial charge in [-0.15, -0.1) is 0 Å². The predicted octanol–water partition coefficient (Wildman–Crippen LogP) is 2.86. The zero-order valence-corrected chi connectivity index (χ0v) is 14.0. The average molecular weight is 289 g/mol. The summed E-state index contributed by atoms with van der Waals surface area (Å²) in [4.78, 5) is 0. The second kappa shape index (κ2) is 15.2. The summed E-state index contributed by atoms with van der Waals surface area (Å²) in [6, 6.07) is 0.556. The molecule has 0 rings (SSSR count). The Morgan fingerprint density at radius 2 is 1.35 bits per heavy atom. The Bertz CT molecular complexity index is 191. The lowest BCUT2D eigenvalue weighted by Crippen LogP contribution is -2.32. The van der Waals surface area contributed by atoms with Gasteiger partial charge in [0.25, 0.3) is 0 Å². The highest BCUT2D eigenvalue weighted by Crippen LogP contribution is 2.07. The number of unbranched alkanes of at least 4 members (excludes halogenated alkanes) is 1. The second-order valence-electron chi connectivity index (χ2n) is 5.30. The van der Waals surface area contributed by atoms with Crippen LogP contribution in [-0.4, -0.2) is 52.2 Å². The van der Waals surface area contributed by atoms with Gasteiger partial charge in [-0.1, -0.05) is 27.2 Å². The maximum absolute atomic E-state index is 5.58. The third-order valence-corrected chi connectivity index (χ3v) is 3.48. The molecule has 1 N–H and O–H groups in total. The van der Waals surface area contributed by atoms with Gasteiger partial charge in [-0.25, -0.2) is 0 Å². The van der Waals surface area contributed by atoms with Gasteiger partial charge >= 0.3 is 0 Å². The van der Waals surface area contributed by atoms with Gasteiger partial charge in [0, 0.05) is 19.3 Å². The Kier molecular flexibility index (Phi) is 15.1. The molecule has 0 aromatic carbocycles. The lowest BCUT2D eigenvalue weighted by atomic mass is 10.0. The largest absolute Gasteiger partial charge is 0.379 e. The van der Waals surface area contributed by atoms with Crippen molar-refractivity contribution in [2.45, 2.75) is 53.0 Å². The summed E-state index contributed by atoms with van der Waals surface area (Å²) >= 11 is 0. The van der Waals surface area contributed by atoms with Crippen molar-refractivity contribution in [2.24, 2.45) is 5.92 Å². The van der Waals surface area contributed by atoms with Crippen LogP contribution in [0.5, 0.6) is 0 Å². The van der Waals surface area contributed by atoms with Crippen molar-refractivity contribution < 1.29 is 14.2 Å². The minimum atomic E-state index is 0.556. The summed E-state index contributed by atoms with van der Waals surface area (Å²) in [5.74, 6) is 0.642. The van der Waals surface area contributed by atoms with E-state index in [4.69, 9.17) is 14.2 Å². The highest BCUT2D eigenvalue weighted by atomic mass is 16.5. The van der Waals surface area contributed by atoms with E-state index in [2.05, 4.69) is 33.0 Å². The first kappa shape index (κ1) is 19.8. The molecule has 0 spiro atoms. The number of ether oxygens (including phenoxy) is 3. The van der Waals surface area contributed by atoms with E-state index in [1.54, 1.807) is 0 Å². The fraction of sp³-hybridized carbons (Fsp3) is 1.00. The highest BCUT2D eigenvalue weighted by molar-refractivity contribution is 4.67. The van der Waals surface area contributed by atoms with Crippen LogP contribution in [0.3, 0.4) is 0 Å². The Hall–Kier alpha value is -0.160. The summed E-state index contributed by atoms with van der Waals surface area (Å²) in [5.41, 5.74) is 0. The predicted molar refractivity (Wildman–Crippen MR) is 84.3 cm³/mol. The third-order valence-electron chi connectivity index (χ3n) is 3.48. The van der Waals surface area contributed by atoms with Crippen LogP contribution in [0.1, 0.15) is 47.0 Å². The quantitative estimate of drug-likeness (QED) is 0.471. The van der Waals surface area contributed by atoms with Crippen LogP contribution in [-0.2, 0) is 14.2 Å². The monoisotopic (exact) mass is 289 g/mol. The highest BCUT2D eigenvalue weighted by Gasteiger charge is 2.10. The Balaban J connectivity index is 3.16. The molecule has 0 fully saturated rings. The van der Waals surface area contributed by atoms with E-state index >= 15 is 0 Å². The number of nitrogens with one attached hydrogen (secondary N) is 1. The van der Waals surface area contributed by atoms with Gasteiger partial charge in [0.2, 0.25) is 0 Å². The fourth-order valence-corrected chi connectivity index (χ4v) is 1.83. The lowest BCUT2D eigenvalue weighted by Gasteiger charge is -2.20. The smallest absolute Gasteiger partial charge is 0.0701 e. The molecule has 0 saturated heterocycles. The summed E-state index contributed by atoms with van der Waals surface area (Å²) < 4.78 is 16.4. The van der Waals surface area contributed by atoms with Crippen molar-refractivity contribution >= 4 is 0 Å². The molecule has 0 aromatic rings. The molecule has 0 amide bonds. The van der Waals surface area contributed by atoms with E-state index in [9.17, 15) is 0 Å². The van der Waals surface area contributed by atoms with E-state index in [0.29, 0.717) is 38.4 Å². The maximum atomic E-state index is 5.58. The number of rotatable bonds is 15. The van der Waals surface area contributed by atoms with Crippen LogP contribution in [0.2, 0.25) is 0 Å². The molecule has 2 unspecified atom stereocenters. The van der Waals surface area contributed by atoms with Crippen LogP contribution < -0.4 is 5.32 Å². The molecule has 0 bridgehead atoms. The molecule has 4 nitrogen and oxygen atoms in total. The van der Waals surface area contributed by atoms with Gasteiger partial charge in [-0.3, -0.25) is 0 Å². The summed E-state index contributed by atoms with van der Waals surface area (Å²) in [5, 5.41) is 3.44. The molecule has 0 aromatic heterocycles. The SMILES string of the molecule is CCCCOCCOCCOCCC(C)C(C)NCC. The molecule has 0 aliphatic heterocycles. The zero-order chi connectivity index (χ0) is 15.1. The van der Waals surface area contributed by atoms with Crippen molar-refractivity contribution in [1.82, 2.24) is 5.32 Å². The molecule has 2 atom stereocenters. The third kappa shape index (κ3) is 12.9. The van der Waals surface area contributed by atoms with Gasteiger partial charge < -0.3 is 19.5 Å². The normalized spacial score (nSPS) is 14.4. The number of hydrogen-bond acceptors (Lipinski definition) is 4. The topological polar surface area (TPSA) is 39.7 Å². The molecule has 4 heteroatoms. The van der Waals surface area contributed by atoms with Crippen LogP contribution in [0.4, 0.5) is 0 Å². The molecular weight excluding hydrogens is 254 g/mol. The van der Waals surface area contributed by atoms with Crippen LogP contribution >= 0.6 is 0 Å². The fourth-order valence-electron chi connectivity index (χ4n) is 1.83. The molecule has 0 radical (unpaired) electrons. The Labute approximate surface area is 125 Å². The van der Waals surface area contributed by atoms with Crippen LogP contribution in [0.15, 0.2) is 0 Å². The molecular formula is C16H35NO3. The van der Waals surface area contributed by atoms with Crippen molar-refractivity contribution in [3.63, 3.8) is 0 Å². The molecule has 0 aliphatic rings. The van der Waals surface area contributed by atoms with E-state index in [1.165, 1.54) is 6.42 Å². The van der Waals surface area contributed by atoms with Crippen molar-refractivity contribution in [3.8, 4) is 0 Å². The van der Waals surface area contributed by atoms with Crippen molar-refractivity contribution in [3.05, 3.63) is 0 Å². The van der Waals surface area contributed by atoms with Crippen molar-refractivity contribution in [1.29, 1.82) is 0 Å². The van der Waals surface area contributed by atoms with Gasteiger partial charge in [0.15, 0.2) is 0 Å². The molecule has 0 saturated carbocycles. The van der Waals surface area contributed by atoms with Gasteiger partial charge in [0.05, 0.1) is 26.4 Å². The van der Waals surface area contributed by atoms with E-state index in [-0.39, 0.29) is 0 Å². The first-order chi connectivity index (χ1) is 9.72. The van der Waals surface area contributed by atoms with Gasteiger partial charge in [-0.2, -0.15) is 0 Å². The molecule has 0 aliphatic carbocycles. The summed E-state index contributed by atoms with van der Waals surface area (Å²) in [7, 11) is 0. The first-order valence-electron chi connectivity index (χ1n) is 8.18. The van der Waals surface area contributed by atoms with E-state index in [1.807, 2.05) is 0 Å². The Morgan fingerprint density at radius 1 is 0.800 bits per heavy atom. The van der Waals surface area contributed by atoms with Gasteiger partial charge in [0.1, 0.15) is 0 Å². The standard InChI is InChI=1S/C16H35NO3/c1-5-7-9-18-11-13-20-14-12-19-10-8-15(3)16(4)17-6-2/h15-17H,5-14H2,1-4H3. The molecule has 20 heavy (non-hydrogen) atoms. The minimum absolute atomic E-state index is 0.556. The van der Waals surface area contributed by atoms with E-state index in [0.717, 1.165) is 32.6 Å². The summed E-state index contributed by atoms with van der Waals surface area (Å²) in [6.07, 6.45) is 3.40. The average Bonchev–Trinajstić information content (AvgIpc) is 2.44. The maximum Gasteiger partial charge on any atom is 0.0701 e. The molecule has 122 valence electrons. The minimum Gasteiger partial charge on any atom is -0.379 e. The molecule has 0 heterocycles. The summed E-state index contributed by atoms with van der Waals surface area (Å²) in [6.45, 7) is 14.2. The zero-order valence-electron chi connectivity index (χ0n) is 14.0. The second-order valence-corrected chi connectivity index (χ2v) is 5.30. The van der Waals surface area contributed by atoms with Crippen molar-refractivity contribution in [2.75, 3.05) is 46.2 Å². The van der Waals surface area contributed by atoms with Crippen LogP contribution in [0.25, 0.3) is 0 Å². The number of hydrogen-bond donors (Lipinski definition) is 1. The Morgan fingerprint density at radius 3 is 1.90 bits per heavy atom.